The van der Waals surface area contributed by atoms with Crippen molar-refractivity contribution in [3.05, 3.63) is 21.8 Å². The molecule has 0 unspecified atom stereocenters. The zero-order valence-electron chi connectivity index (χ0n) is 10.8. The van der Waals surface area contributed by atoms with Crippen LogP contribution in [0, 0.1) is 0 Å². The predicted octanol–water partition coefficient (Wildman–Crippen LogP) is 3.58. The maximum atomic E-state index is 6.16. The second-order valence-electron chi connectivity index (χ2n) is 5.40. The molecule has 18 heavy (non-hydrogen) atoms. The molecule has 0 spiro atoms. The van der Waals surface area contributed by atoms with Crippen LogP contribution in [0.25, 0.3) is 10.7 Å². The van der Waals surface area contributed by atoms with Gasteiger partial charge in [0.05, 0.1) is 10.3 Å². The number of rotatable bonds is 3. The third-order valence-electron chi connectivity index (χ3n) is 3.36. The highest BCUT2D eigenvalue weighted by Gasteiger charge is 2.40. The molecule has 2 heterocycles. The number of halogens is 1. The molecule has 2 N–H and O–H groups in total. The second-order valence-corrected chi connectivity index (χ2v) is 7.23. The second kappa shape index (κ2) is 4.43. The smallest absolute Gasteiger partial charge is 0.234 e. The lowest BCUT2D eigenvalue weighted by molar-refractivity contribution is 0.223. The maximum absolute atomic E-state index is 6.16. The Morgan fingerprint density at radius 1 is 1.33 bits per heavy atom. The fourth-order valence-electron chi connectivity index (χ4n) is 1.28. The van der Waals surface area contributed by atoms with E-state index >= 15 is 0 Å². The Bertz CT molecular complexity index is 554. The molecule has 0 aromatic carbocycles. The molecule has 0 aliphatic rings. The van der Waals surface area contributed by atoms with E-state index in [1.54, 1.807) is 11.3 Å². The number of thiophene rings is 1. The first-order valence-electron chi connectivity index (χ1n) is 5.59. The number of hydrogen-bond acceptors (Lipinski definition) is 5. The van der Waals surface area contributed by atoms with Crippen molar-refractivity contribution in [2.45, 2.75) is 38.6 Å². The van der Waals surface area contributed by atoms with E-state index in [-0.39, 0.29) is 5.41 Å². The molecule has 0 aliphatic carbocycles. The molecule has 0 fully saturated rings. The first-order valence-corrected chi connectivity index (χ1v) is 7.26. The number of aromatic nitrogens is 2. The monoisotopic (exact) mass is 329 g/mol. The van der Waals surface area contributed by atoms with Gasteiger partial charge in [-0.1, -0.05) is 5.16 Å². The lowest BCUT2D eigenvalue weighted by Gasteiger charge is -2.34. The summed E-state index contributed by atoms with van der Waals surface area (Å²) in [5.74, 6) is 1.17. The molecule has 0 atom stereocenters. The van der Waals surface area contributed by atoms with Gasteiger partial charge in [0.2, 0.25) is 11.7 Å². The van der Waals surface area contributed by atoms with Gasteiger partial charge in [-0.25, -0.2) is 0 Å². The Balaban J connectivity index is 2.37. The quantitative estimate of drug-likeness (QED) is 0.934. The Morgan fingerprint density at radius 3 is 2.50 bits per heavy atom. The average Bonchev–Trinajstić information content (AvgIpc) is 2.83. The summed E-state index contributed by atoms with van der Waals surface area (Å²) < 4.78 is 6.39. The maximum Gasteiger partial charge on any atom is 0.234 e. The Labute approximate surface area is 119 Å². The Kier molecular flexibility index (Phi) is 3.38. The van der Waals surface area contributed by atoms with Gasteiger partial charge in [-0.05, 0) is 49.7 Å². The topological polar surface area (TPSA) is 64.9 Å². The largest absolute Gasteiger partial charge is 0.338 e. The molecule has 0 amide bonds. The molecule has 6 heteroatoms. The first kappa shape index (κ1) is 13.7. The van der Waals surface area contributed by atoms with Gasteiger partial charge < -0.3 is 10.3 Å². The molecule has 2 aromatic rings. The standard InChI is InChI=1S/C12H16BrN3OS/c1-11(2,12(3,4)14)10-15-9(16-17-10)8-5-7(13)6-18-8/h5-6H,14H2,1-4H3. The minimum atomic E-state index is -0.438. The van der Waals surface area contributed by atoms with Gasteiger partial charge in [-0.15, -0.1) is 11.3 Å². The van der Waals surface area contributed by atoms with E-state index in [0.717, 1.165) is 9.35 Å². The first-order chi connectivity index (χ1) is 8.22. The van der Waals surface area contributed by atoms with Crippen LogP contribution in [0.1, 0.15) is 33.6 Å². The van der Waals surface area contributed by atoms with E-state index in [1.165, 1.54) is 0 Å². The molecule has 0 aliphatic heterocycles. The van der Waals surface area contributed by atoms with Crippen LogP contribution >= 0.6 is 27.3 Å². The van der Waals surface area contributed by atoms with E-state index in [4.69, 9.17) is 10.3 Å². The SMILES string of the molecule is CC(C)(N)C(C)(C)c1nc(-c2cc(Br)cs2)no1. The molecule has 98 valence electrons. The zero-order valence-corrected chi connectivity index (χ0v) is 13.2. The summed E-state index contributed by atoms with van der Waals surface area (Å²) in [5, 5.41) is 6.02. The fourth-order valence-corrected chi connectivity index (χ4v) is 2.64. The summed E-state index contributed by atoms with van der Waals surface area (Å²) in [5.41, 5.74) is 5.34. The van der Waals surface area contributed by atoms with Crippen LogP contribution in [0.2, 0.25) is 0 Å². The molecule has 0 bridgehead atoms. The highest BCUT2D eigenvalue weighted by Crippen LogP contribution is 2.34. The van der Waals surface area contributed by atoms with Crippen LogP contribution < -0.4 is 5.73 Å². The third kappa shape index (κ3) is 2.37. The molecule has 4 nitrogen and oxygen atoms in total. The van der Waals surface area contributed by atoms with E-state index < -0.39 is 5.54 Å². The van der Waals surface area contributed by atoms with E-state index in [9.17, 15) is 0 Å². The minimum Gasteiger partial charge on any atom is -0.338 e. The van der Waals surface area contributed by atoms with Crippen molar-refractivity contribution >= 4 is 27.3 Å². The van der Waals surface area contributed by atoms with E-state index in [1.807, 2.05) is 39.1 Å². The normalized spacial score (nSPS) is 13.0. The van der Waals surface area contributed by atoms with E-state index in [2.05, 4.69) is 26.1 Å². The highest BCUT2D eigenvalue weighted by molar-refractivity contribution is 9.10. The van der Waals surface area contributed by atoms with Gasteiger partial charge in [0.15, 0.2) is 0 Å². The molecule has 0 radical (unpaired) electrons. The molecular weight excluding hydrogens is 314 g/mol. The minimum absolute atomic E-state index is 0.382. The number of nitrogens with two attached hydrogens (primary N) is 1. The van der Waals surface area contributed by atoms with Crippen molar-refractivity contribution in [3.63, 3.8) is 0 Å². The van der Waals surface area contributed by atoms with Gasteiger partial charge in [0, 0.05) is 15.4 Å². The van der Waals surface area contributed by atoms with Crippen LogP contribution in [0.5, 0.6) is 0 Å². The molecule has 2 aromatic heterocycles. The van der Waals surface area contributed by atoms with Gasteiger partial charge in [-0.2, -0.15) is 4.98 Å². The van der Waals surface area contributed by atoms with Crippen molar-refractivity contribution < 1.29 is 4.52 Å². The highest BCUT2D eigenvalue weighted by atomic mass is 79.9. The van der Waals surface area contributed by atoms with Crippen LogP contribution in [-0.2, 0) is 5.41 Å². The van der Waals surface area contributed by atoms with Gasteiger partial charge >= 0.3 is 0 Å². The van der Waals surface area contributed by atoms with Gasteiger partial charge in [0.1, 0.15) is 0 Å². The predicted molar refractivity (Wildman–Crippen MR) is 76.6 cm³/mol. The van der Waals surface area contributed by atoms with Crippen molar-refractivity contribution in [3.8, 4) is 10.7 Å². The molecule has 2 rings (SSSR count). The third-order valence-corrected chi connectivity index (χ3v) is 5.05. The van der Waals surface area contributed by atoms with Crippen LogP contribution in [0.3, 0.4) is 0 Å². The summed E-state index contributed by atoms with van der Waals surface area (Å²) in [4.78, 5) is 5.44. The average molecular weight is 330 g/mol. The van der Waals surface area contributed by atoms with Crippen molar-refractivity contribution in [2.24, 2.45) is 5.73 Å². The van der Waals surface area contributed by atoms with Crippen LogP contribution in [0.15, 0.2) is 20.4 Å². The van der Waals surface area contributed by atoms with Gasteiger partial charge in [-0.3, -0.25) is 0 Å². The van der Waals surface area contributed by atoms with Crippen molar-refractivity contribution in [1.82, 2.24) is 10.1 Å². The lowest BCUT2D eigenvalue weighted by atomic mass is 9.75. The number of hydrogen-bond donors (Lipinski definition) is 1. The Hall–Kier alpha value is -0.720. The van der Waals surface area contributed by atoms with Gasteiger partial charge in [0.25, 0.3) is 0 Å². The van der Waals surface area contributed by atoms with Crippen molar-refractivity contribution in [2.75, 3.05) is 0 Å². The fraction of sp³-hybridized carbons (Fsp3) is 0.500. The van der Waals surface area contributed by atoms with Crippen LogP contribution in [0.4, 0.5) is 0 Å². The summed E-state index contributed by atoms with van der Waals surface area (Å²) in [6.45, 7) is 7.93. The lowest BCUT2D eigenvalue weighted by Crippen LogP contribution is -2.50. The summed E-state index contributed by atoms with van der Waals surface area (Å²) in [6, 6.07) is 1.97. The molecule has 0 saturated heterocycles. The summed E-state index contributed by atoms with van der Waals surface area (Å²) in [6.07, 6.45) is 0. The summed E-state index contributed by atoms with van der Waals surface area (Å²) in [7, 11) is 0. The molecule has 0 saturated carbocycles. The Morgan fingerprint density at radius 2 is 2.00 bits per heavy atom. The zero-order chi connectivity index (χ0) is 13.6. The molecular formula is C12H16BrN3OS. The van der Waals surface area contributed by atoms with E-state index in [0.29, 0.717) is 11.7 Å². The van der Waals surface area contributed by atoms with Crippen LogP contribution in [-0.4, -0.2) is 15.7 Å². The number of nitrogens with zero attached hydrogens (tertiary/aromatic N) is 2. The summed E-state index contributed by atoms with van der Waals surface area (Å²) >= 11 is 4.98. The van der Waals surface area contributed by atoms with Crippen molar-refractivity contribution in [1.29, 1.82) is 0 Å².